The molecule has 2 heterocycles. The number of hydrazone groups is 1. The number of halogens is 1. The molecule has 0 radical (unpaired) electrons. The summed E-state index contributed by atoms with van der Waals surface area (Å²) in [5.41, 5.74) is 0.570. The minimum absolute atomic E-state index is 0.215. The third kappa shape index (κ3) is 4.89. The number of amides is 2. The van der Waals surface area contributed by atoms with E-state index >= 15 is 0 Å². The van der Waals surface area contributed by atoms with E-state index in [0.717, 1.165) is 5.01 Å². The molecule has 160 valence electrons. The van der Waals surface area contributed by atoms with Crippen LogP contribution in [0.5, 0.6) is 0 Å². The van der Waals surface area contributed by atoms with Gasteiger partial charge in [-0.2, -0.15) is 5.10 Å². The summed E-state index contributed by atoms with van der Waals surface area (Å²) in [6.07, 6.45) is 3.41. The quantitative estimate of drug-likeness (QED) is 0.731. The molecule has 0 saturated carbocycles. The first-order chi connectivity index (χ1) is 14.4. The third-order valence-electron chi connectivity index (χ3n) is 4.43. The van der Waals surface area contributed by atoms with Crippen LogP contribution in [0.4, 0.5) is 20.6 Å². The van der Waals surface area contributed by atoms with Gasteiger partial charge in [0.2, 0.25) is 0 Å². The number of carbonyl (C=O) groups is 2. The monoisotopic (exact) mass is 419 g/mol. The van der Waals surface area contributed by atoms with Crippen molar-refractivity contribution in [3.63, 3.8) is 0 Å². The highest BCUT2D eigenvalue weighted by Gasteiger charge is 2.22. The lowest BCUT2D eigenvalue weighted by Crippen LogP contribution is -2.42. The fourth-order valence-electron chi connectivity index (χ4n) is 2.82. The number of aliphatic hydroxyl groups is 1. The number of ether oxygens (including phenoxy) is 1. The Hall–Kier alpha value is -3.54. The number of hydrogen-bond acceptors (Lipinski definition) is 8. The van der Waals surface area contributed by atoms with Crippen LogP contribution in [0.25, 0.3) is 0 Å². The average Bonchev–Trinajstić information content (AvgIpc) is 3.25. The lowest BCUT2D eigenvalue weighted by molar-refractivity contribution is -0.134. The molecule has 0 fully saturated rings. The van der Waals surface area contributed by atoms with Crippen LogP contribution in [0, 0.1) is 5.82 Å². The molecule has 1 aliphatic heterocycles. The van der Waals surface area contributed by atoms with Gasteiger partial charge in [-0.1, -0.05) is 5.21 Å². The molecule has 0 spiro atoms. The van der Waals surface area contributed by atoms with Gasteiger partial charge < -0.3 is 14.7 Å². The second-order valence-corrected chi connectivity index (χ2v) is 6.61. The molecule has 0 aliphatic carbocycles. The standard InChI is InChI=1S/C18H22FN7O4/c1-13(10-25-6-5-20-22-25)30-18(29)23(2)14-3-4-16(15(19)9-14)24-7-8-26(21-12-24)17(28)11-27/h3-6,9,12-13,27H,7-8,10-11H2,1-2H3/t13-/m1/s1. The fraction of sp³-hybridized carbons (Fsp3) is 0.389. The van der Waals surface area contributed by atoms with Gasteiger partial charge in [0.05, 0.1) is 25.0 Å². The summed E-state index contributed by atoms with van der Waals surface area (Å²) in [5.74, 6) is -1.09. The number of nitrogens with zero attached hydrogens (tertiary/aromatic N) is 7. The summed E-state index contributed by atoms with van der Waals surface area (Å²) in [4.78, 5) is 26.5. The Morgan fingerprint density at radius 3 is 2.77 bits per heavy atom. The first-order valence-electron chi connectivity index (χ1n) is 9.19. The van der Waals surface area contributed by atoms with E-state index in [1.54, 1.807) is 28.8 Å². The topological polar surface area (TPSA) is 116 Å². The fourth-order valence-corrected chi connectivity index (χ4v) is 2.82. The molecular weight excluding hydrogens is 397 g/mol. The number of hydrogen-bond donors (Lipinski definition) is 1. The predicted octanol–water partition coefficient (Wildman–Crippen LogP) is 0.663. The molecule has 1 N–H and O–H groups in total. The lowest BCUT2D eigenvalue weighted by Gasteiger charge is -2.29. The molecular formula is C18H22FN7O4. The minimum atomic E-state index is -0.639. The largest absolute Gasteiger partial charge is 0.444 e. The van der Waals surface area contributed by atoms with Crippen molar-refractivity contribution < 1.29 is 23.8 Å². The number of aliphatic hydroxyl groups excluding tert-OH is 1. The molecule has 0 unspecified atom stereocenters. The molecule has 0 bridgehead atoms. The van der Waals surface area contributed by atoms with Crippen molar-refractivity contribution in [2.24, 2.45) is 5.10 Å². The number of carbonyl (C=O) groups excluding carboxylic acids is 2. The maximum absolute atomic E-state index is 14.7. The molecule has 12 heteroatoms. The number of rotatable bonds is 6. The summed E-state index contributed by atoms with van der Waals surface area (Å²) in [6, 6.07) is 4.32. The number of anilines is 2. The Morgan fingerprint density at radius 2 is 2.17 bits per heavy atom. The Bertz CT molecular complexity index is 921. The zero-order chi connectivity index (χ0) is 21.7. The number of benzene rings is 1. The highest BCUT2D eigenvalue weighted by Crippen LogP contribution is 2.25. The first kappa shape index (κ1) is 21.2. The molecule has 1 aromatic carbocycles. The molecule has 2 aromatic rings. The second-order valence-electron chi connectivity index (χ2n) is 6.61. The summed E-state index contributed by atoms with van der Waals surface area (Å²) < 4.78 is 21.6. The van der Waals surface area contributed by atoms with Crippen molar-refractivity contribution in [1.82, 2.24) is 20.0 Å². The van der Waals surface area contributed by atoms with Gasteiger partial charge in [0.1, 0.15) is 24.9 Å². The van der Waals surface area contributed by atoms with Crippen LogP contribution in [-0.4, -0.2) is 76.3 Å². The molecule has 30 heavy (non-hydrogen) atoms. The number of aromatic nitrogens is 3. The van der Waals surface area contributed by atoms with Crippen LogP contribution in [0.15, 0.2) is 35.7 Å². The molecule has 1 aromatic heterocycles. The summed E-state index contributed by atoms with van der Waals surface area (Å²) in [5, 5.41) is 21.4. The van der Waals surface area contributed by atoms with Gasteiger partial charge in [0.25, 0.3) is 5.91 Å². The zero-order valence-electron chi connectivity index (χ0n) is 16.6. The van der Waals surface area contributed by atoms with Gasteiger partial charge in [0.15, 0.2) is 0 Å². The van der Waals surface area contributed by atoms with Crippen LogP contribution in [-0.2, 0) is 16.1 Å². The summed E-state index contributed by atoms with van der Waals surface area (Å²) in [7, 11) is 1.49. The molecule has 3 rings (SSSR count). The summed E-state index contributed by atoms with van der Waals surface area (Å²) in [6.45, 7) is 1.95. The van der Waals surface area contributed by atoms with Crippen molar-refractivity contribution >= 4 is 29.7 Å². The van der Waals surface area contributed by atoms with E-state index < -0.39 is 30.5 Å². The molecule has 1 atom stereocenters. The normalized spacial score (nSPS) is 14.5. The van der Waals surface area contributed by atoms with Crippen molar-refractivity contribution in [1.29, 1.82) is 0 Å². The minimum Gasteiger partial charge on any atom is -0.444 e. The second kappa shape index (κ2) is 9.31. The van der Waals surface area contributed by atoms with Gasteiger partial charge in [-0.05, 0) is 25.1 Å². The Labute approximate surface area is 171 Å². The van der Waals surface area contributed by atoms with Gasteiger partial charge in [-0.3, -0.25) is 9.69 Å². The van der Waals surface area contributed by atoms with Gasteiger partial charge in [-0.15, -0.1) is 5.10 Å². The van der Waals surface area contributed by atoms with Crippen LogP contribution in [0.3, 0.4) is 0 Å². The summed E-state index contributed by atoms with van der Waals surface area (Å²) >= 11 is 0. The van der Waals surface area contributed by atoms with E-state index in [2.05, 4.69) is 15.4 Å². The Kier molecular flexibility index (Phi) is 6.57. The van der Waals surface area contributed by atoms with Gasteiger partial charge in [-0.25, -0.2) is 18.9 Å². The van der Waals surface area contributed by atoms with Crippen LogP contribution < -0.4 is 9.80 Å². The van der Waals surface area contributed by atoms with Crippen LogP contribution in [0.2, 0.25) is 0 Å². The maximum Gasteiger partial charge on any atom is 0.414 e. The van der Waals surface area contributed by atoms with E-state index in [4.69, 9.17) is 9.84 Å². The molecule has 0 saturated heterocycles. The van der Waals surface area contributed by atoms with E-state index in [0.29, 0.717) is 18.8 Å². The van der Waals surface area contributed by atoms with Crippen molar-refractivity contribution in [2.75, 3.05) is 36.5 Å². The van der Waals surface area contributed by atoms with Crippen LogP contribution in [0.1, 0.15) is 6.92 Å². The Balaban J connectivity index is 1.63. The van der Waals surface area contributed by atoms with Crippen LogP contribution >= 0.6 is 0 Å². The highest BCUT2D eigenvalue weighted by molar-refractivity contribution is 5.88. The molecule has 1 aliphatic rings. The third-order valence-corrected chi connectivity index (χ3v) is 4.43. The van der Waals surface area contributed by atoms with Crippen molar-refractivity contribution in [3.05, 3.63) is 36.4 Å². The van der Waals surface area contributed by atoms with Gasteiger partial charge >= 0.3 is 6.09 Å². The van der Waals surface area contributed by atoms with E-state index in [-0.39, 0.29) is 12.2 Å². The Morgan fingerprint density at radius 1 is 1.37 bits per heavy atom. The smallest absolute Gasteiger partial charge is 0.414 e. The molecule has 11 nitrogen and oxygen atoms in total. The molecule has 2 amide bonds. The van der Waals surface area contributed by atoms with Crippen molar-refractivity contribution in [2.45, 2.75) is 19.6 Å². The van der Waals surface area contributed by atoms with E-state index in [9.17, 15) is 14.0 Å². The zero-order valence-corrected chi connectivity index (χ0v) is 16.6. The van der Waals surface area contributed by atoms with Gasteiger partial charge in [0, 0.05) is 25.5 Å². The SMILES string of the molecule is C[C@H](Cn1ccnn1)OC(=O)N(C)c1ccc(N2C=NN(C(=O)CO)CC2)c(F)c1. The van der Waals surface area contributed by atoms with E-state index in [1.165, 1.54) is 36.6 Å². The predicted molar refractivity (Wildman–Crippen MR) is 105 cm³/mol. The lowest BCUT2D eigenvalue weighted by atomic mass is 10.2. The maximum atomic E-state index is 14.7. The highest BCUT2D eigenvalue weighted by atomic mass is 19.1. The average molecular weight is 419 g/mol. The first-order valence-corrected chi connectivity index (χ1v) is 9.19. The van der Waals surface area contributed by atoms with E-state index in [1.807, 2.05) is 0 Å². The van der Waals surface area contributed by atoms with Crippen molar-refractivity contribution in [3.8, 4) is 0 Å².